The third-order valence-corrected chi connectivity index (χ3v) is 4.29. The van der Waals surface area contributed by atoms with Gasteiger partial charge in [-0.25, -0.2) is 9.37 Å². The van der Waals surface area contributed by atoms with Gasteiger partial charge >= 0.3 is 6.18 Å². The second kappa shape index (κ2) is 8.02. The van der Waals surface area contributed by atoms with E-state index < -0.39 is 23.5 Å². The van der Waals surface area contributed by atoms with Crippen LogP contribution in [0.4, 0.5) is 29.1 Å². The second-order valence-corrected chi connectivity index (χ2v) is 6.58. The molecule has 0 saturated heterocycles. The second-order valence-electron chi connectivity index (χ2n) is 6.58. The number of carbonyl (C=O) groups excluding carboxylic acids is 1. The Labute approximate surface area is 169 Å². The largest absolute Gasteiger partial charge is 0.457 e. The van der Waals surface area contributed by atoms with Crippen LogP contribution in [0, 0.1) is 19.7 Å². The molecule has 3 N–H and O–H groups in total. The van der Waals surface area contributed by atoms with Crippen LogP contribution in [0.3, 0.4) is 0 Å². The molecule has 5 nitrogen and oxygen atoms in total. The van der Waals surface area contributed by atoms with Crippen LogP contribution in [0.2, 0.25) is 0 Å². The van der Waals surface area contributed by atoms with E-state index in [0.717, 1.165) is 17.3 Å². The van der Waals surface area contributed by atoms with Gasteiger partial charge in [0.2, 0.25) is 0 Å². The van der Waals surface area contributed by atoms with Crippen molar-refractivity contribution in [2.45, 2.75) is 20.0 Å². The van der Waals surface area contributed by atoms with Crippen molar-refractivity contribution in [3.63, 3.8) is 0 Å². The molecule has 0 unspecified atom stereocenters. The number of nitrogen functional groups attached to an aromatic ring is 1. The topological polar surface area (TPSA) is 77.2 Å². The molecule has 0 spiro atoms. The van der Waals surface area contributed by atoms with Gasteiger partial charge < -0.3 is 15.8 Å². The van der Waals surface area contributed by atoms with E-state index in [2.05, 4.69) is 10.3 Å². The first kappa shape index (κ1) is 21.1. The summed E-state index contributed by atoms with van der Waals surface area (Å²) in [5.41, 5.74) is 6.81. The summed E-state index contributed by atoms with van der Waals surface area (Å²) in [4.78, 5) is 16.5. The normalized spacial score (nSPS) is 11.3. The number of nitrogens with two attached hydrogens (primary N) is 1. The van der Waals surface area contributed by atoms with Crippen molar-refractivity contribution in [2.24, 2.45) is 0 Å². The van der Waals surface area contributed by atoms with Crippen LogP contribution >= 0.6 is 0 Å². The van der Waals surface area contributed by atoms with Gasteiger partial charge in [0.1, 0.15) is 23.1 Å². The van der Waals surface area contributed by atoms with Crippen molar-refractivity contribution in [1.29, 1.82) is 0 Å². The molecule has 156 valence electrons. The zero-order valence-corrected chi connectivity index (χ0v) is 16.0. The number of nitrogens with zero attached hydrogens (tertiary/aromatic N) is 1. The number of alkyl halides is 3. The predicted molar refractivity (Wildman–Crippen MR) is 104 cm³/mol. The molecular weight excluding hydrogens is 402 g/mol. The van der Waals surface area contributed by atoms with Crippen LogP contribution in [0.1, 0.15) is 27.2 Å². The molecule has 1 aromatic heterocycles. The van der Waals surface area contributed by atoms with Gasteiger partial charge in [-0.15, -0.1) is 0 Å². The minimum atomic E-state index is -4.70. The summed E-state index contributed by atoms with van der Waals surface area (Å²) < 4.78 is 57.2. The number of halogens is 4. The summed E-state index contributed by atoms with van der Waals surface area (Å²) in [5.74, 6) is -1.56. The fourth-order valence-corrected chi connectivity index (χ4v) is 2.63. The molecule has 1 amide bonds. The Bertz CT molecular complexity index is 1100. The van der Waals surface area contributed by atoms with Crippen LogP contribution in [0.25, 0.3) is 0 Å². The van der Waals surface area contributed by atoms with Crippen LogP contribution in [0.5, 0.6) is 11.5 Å². The summed E-state index contributed by atoms with van der Waals surface area (Å²) in [5, 5.41) is 2.65. The molecule has 30 heavy (non-hydrogen) atoms. The summed E-state index contributed by atoms with van der Waals surface area (Å²) in [6.45, 7) is 3.59. The van der Waals surface area contributed by atoms with E-state index in [1.807, 2.05) is 0 Å². The molecule has 3 aromatic rings. The van der Waals surface area contributed by atoms with E-state index in [1.54, 1.807) is 19.9 Å². The van der Waals surface area contributed by atoms with Crippen LogP contribution < -0.4 is 15.8 Å². The minimum absolute atomic E-state index is 0.0992. The first-order chi connectivity index (χ1) is 14.0. The number of carbonyl (C=O) groups is 1. The molecule has 0 atom stereocenters. The van der Waals surface area contributed by atoms with E-state index in [1.165, 1.54) is 24.3 Å². The Balaban J connectivity index is 1.74. The highest BCUT2D eigenvalue weighted by Crippen LogP contribution is 2.34. The minimum Gasteiger partial charge on any atom is -0.457 e. The number of benzene rings is 2. The van der Waals surface area contributed by atoms with E-state index in [0.29, 0.717) is 17.8 Å². The molecule has 0 saturated carbocycles. The van der Waals surface area contributed by atoms with Gasteiger partial charge in [-0.3, -0.25) is 4.79 Å². The maximum absolute atomic E-state index is 13.5. The number of anilines is 2. The predicted octanol–water partition coefficient (Wildman–Crippen LogP) is 5.48. The Morgan fingerprint density at radius 1 is 1.03 bits per heavy atom. The van der Waals surface area contributed by atoms with Crippen molar-refractivity contribution in [1.82, 2.24) is 4.98 Å². The molecule has 0 fully saturated rings. The first-order valence-corrected chi connectivity index (χ1v) is 8.73. The monoisotopic (exact) mass is 419 g/mol. The standard InChI is InChI=1S/C21H17F4N3O2/c1-11-7-18(19(26)27-12(11)2)20(29)28-15-3-5-16(6-4-15)30-17-9-13(21(23,24)25)8-14(22)10-17/h3-10H,1-2H3,(H2,26,27)(H,28,29). The molecule has 1 heterocycles. The highest BCUT2D eigenvalue weighted by Gasteiger charge is 2.31. The lowest BCUT2D eigenvalue weighted by molar-refractivity contribution is -0.137. The SMILES string of the molecule is Cc1cc(C(=O)Nc2ccc(Oc3cc(F)cc(C(F)(F)F)c3)cc2)c(N)nc1C. The number of aromatic nitrogens is 1. The lowest BCUT2D eigenvalue weighted by atomic mass is 10.1. The van der Waals surface area contributed by atoms with Crippen molar-refractivity contribution < 1.29 is 27.1 Å². The molecule has 0 aliphatic rings. The Hall–Kier alpha value is -3.62. The lowest BCUT2D eigenvalue weighted by Crippen LogP contribution is -2.15. The third kappa shape index (κ3) is 4.86. The van der Waals surface area contributed by atoms with Gasteiger partial charge in [-0.1, -0.05) is 0 Å². The maximum Gasteiger partial charge on any atom is 0.416 e. The highest BCUT2D eigenvalue weighted by molar-refractivity contribution is 6.07. The summed E-state index contributed by atoms with van der Waals surface area (Å²) in [6.07, 6.45) is -4.70. The van der Waals surface area contributed by atoms with E-state index in [-0.39, 0.29) is 22.9 Å². The van der Waals surface area contributed by atoms with Crippen molar-refractivity contribution in [2.75, 3.05) is 11.1 Å². The summed E-state index contributed by atoms with van der Waals surface area (Å²) in [6, 6.07) is 9.40. The number of amides is 1. The molecule has 3 rings (SSSR count). The third-order valence-electron chi connectivity index (χ3n) is 4.29. The van der Waals surface area contributed by atoms with Gasteiger partial charge in [-0.05, 0) is 61.9 Å². The van der Waals surface area contributed by atoms with Gasteiger partial charge in [0, 0.05) is 17.4 Å². The van der Waals surface area contributed by atoms with Gasteiger partial charge in [-0.2, -0.15) is 13.2 Å². The van der Waals surface area contributed by atoms with Crippen molar-refractivity contribution >= 4 is 17.4 Å². The van der Waals surface area contributed by atoms with E-state index >= 15 is 0 Å². The molecule has 2 aromatic carbocycles. The van der Waals surface area contributed by atoms with Crippen LogP contribution in [-0.4, -0.2) is 10.9 Å². The number of nitrogens with one attached hydrogen (secondary N) is 1. The zero-order valence-electron chi connectivity index (χ0n) is 16.0. The van der Waals surface area contributed by atoms with Crippen molar-refractivity contribution in [3.05, 3.63) is 76.7 Å². The maximum atomic E-state index is 13.5. The van der Waals surface area contributed by atoms with E-state index in [9.17, 15) is 22.4 Å². The van der Waals surface area contributed by atoms with Crippen molar-refractivity contribution in [3.8, 4) is 11.5 Å². The zero-order chi connectivity index (χ0) is 22.1. The molecular formula is C21H17F4N3O2. The number of aryl methyl sites for hydroxylation is 2. The average Bonchev–Trinajstić information content (AvgIpc) is 2.65. The molecule has 0 aliphatic carbocycles. The van der Waals surface area contributed by atoms with Gasteiger partial charge in [0.25, 0.3) is 5.91 Å². The number of hydrogen-bond donors (Lipinski definition) is 2. The van der Waals surface area contributed by atoms with Crippen LogP contribution in [0.15, 0.2) is 48.5 Å². The first-order valence-electron chi connectivity index (χ1n) is 8.73. The Kier molecular flexibility index (Phi) is 5.64. The number of ether oxygens (including phenoxy) is 1. The average molecular weight is 419 g/mol. The molecule has 0 aliphatic heterocycles. The summed E-state index contributed by atoms with van der Waals surface area (Å²) in [7, 11) is 0. The number of pyridine rings is 1. The molecule has 9 heteroatoms. The Morgan fingerprint density at radius 3 is 2.33 bits per heavy atom. The van der Waals surface area contributed by atoms with E-state index in [4.69, 9.17) is 10.5 Å². The fourth-order valence-electron chi connectivity index (χ4n) is 2.63. The fraction of sp³-hybridized carbons (Fsp3) is 0.143. The quantitative estimate of drug-likeness (QED) is 0.549. The number of rotatable bonds is 4. The van der Waals surface area contributed by atoms with Gasteiger partial charge in [0.15, 0.2) is 0 Å². The number of hydrogen-bond acceptors (Lipinski definition) is 4. The van der Waals surface area contributed by atoms with Gasteiger partial charge in [0.05, 0.1) is 11.1 Å². The highest BCUT2D eigenvalue weighted by atomic mass is 19.4. The van der Waals surface area contributed by atoms with Crippen LogP contribution in [-0.2, 0) is 6.18 Å². The summed E-state index contributed by atoms with van der Waals surface area (Å²) >= 11 is 0. The molecule has 0 bridgehead atoms. The lowest BCUT2D eigenvalue weighted by Gasteiger charge is -2.12. The smallest absolute Gasteiger partial charge is 0.416 e. The Morgan fingerprint density at radius 2 is 1.70 bits per heavy atom. The molecule has 0 radical (unpaired) electrons.